The van der Waals surface area contributed by atoms with E-state index >= 15 is 0 Å². The first-order chi connectivity index (χ1) is 17.6. The molecular weight excluding hydrogens is 478 g/mol. The third-order valence-electron chi connectivity index (χ3n) is 6.70. The number of rotatable bonds is 8. The van der Waals surface area contributed by atoms with Gasteiger partial charge in [0.05, 0.1) is 17.8 Å². The van der Waals surface area contributed by atoms with Crippen LogP contribution in [-0.4, -0.2) is 13.7 Å². The third-order valence-corrected chi connectivity index (χ3v) is 8.97. The summed E-state index contributed by atoms with van der Waals surface area (Å²) in [5.74, 6) is 0.925. The van der Waals surface area contributed by atoms with E-state index in [0.717, 1.165) is 31.6 Å². The summed E-state index contributed by atoms with van der Waals surface area (Å²) in [7, 11) is 1.74. The highest BCUT2D eigenvalue weighted by Crippen LogP contribution is 2.48. The van der Waals surface area contributed by atoms with Crippen molar-refractivity contribution in [2.24, 2.45) is 0 Å². The number of thioether (sulfide) groups is 1. The van der Waals surface area contributed by atoms with Gasteiger partial charge in [0.15, 0.2) is 0 Å². The van der Waals surface area contributed by atoms with Gasteiger partial charge in [0.25, 0.3) is 0 Å². The number of hydrogen-bond donors (Lipinski definition) is 0. The van der Waals surface area contributed by atoms with Crippen LogP contribution in [0, 0.1) is 0 Å². The minimum Gasteiger partial charge on any atom is -0.497 e. The number of nitrogens with zero attached hydrogens (tertiary/aromatic N) is 1. The predicted octanol–water partition coefficient (Wildman–Crippen LogP) is 9.80. The Hall–Kier alpha value is -2.95. The molecule has 2 nitrogen and oxygen atoms in total. The lowest BCUT2D eigenvalue weighted by atomic mass is 10.0. The Morgan fingerprint density at radius 3 is 2.50 bits per heavy atom. The number of benzene rings is 3. The molecule has 1 aliphatic rings. The molecule has 0 atom stereocenters. The molecule has 0 unspecified atom stereocenters. The van der Waals surface area contributed by atoms with Crippen molar-refractivity contribution in [3.8, 4) is 16.9 Å². The Balaban J connectivity index is 1.52. The molecule has 0 N–H and O–H groups in total. The lowest BCUT2D eigenvalue weighted by Crippen LogP contribution is -2.18. The first-order valence-electron chi connectivity index (χ1n) is 12.8. The summed E-state index contributed by atoms with van der Waals surface area (Å²) >= 11 is 3.78. The topological polar surface area (TPSA) is 12.5 Å². The van der Waals surface area contributed by atoms with Crippen LogP contribution in [0.1, 0.15) is 44.1 Å². The summed E-state index contributed by atoms with van der Waals surface area (Å²) in [6.07, 6.45) is 7.93. The average Bonchev–Trinajstić information content (AvgIpc) is 3.44. The molecule has 3 aromatic carbocycles. The van der Waals surface area contributed by atoms with E-state index in [2.05, 4.69) is 105 Å². The Bertz CT molecular complexity index is 1430. The highest BCUT2D eigenvalue weighted by atomic mass is 32.2. The van der Waals surface area contributed by atoms with E-state index in [4.69, 9.17) is 4.74 Å². The molecule has 1 aromatic heterocycles. The van der Waals surface area contributed by atoms with Crippen molar-refractivity contribution >= 4 is 44.9 Å². The molecule has 4 heteroatoms. The second-order valence-electron chi connectivity index (χ2n) is 9.02. The Kier molecular flexibility index (Phi) is 7.54. The number of thiophene rings is 1. The molecule has 0 saturated carbocycles. The maximum Gasteiger partial charge on any atom is 0.119 e. The van der Waals surface area contributed by atoms with Crippen molar-refractivity contribution in [3.63, 3.8) is 0 Å². The maximum atomic E-state index is 5.50. The standard InChI is InChI=1S/C32H33NOS2/c1-5-17-33-28-20-24(23-11-9-8-10-12-23)13-15-30(28)36-32(33)19-22(6-2)18-31-26(7-3)27-21-25(34-4)14-16-29(27)35-31/h8-16,18-21H,5-7,17H2,1-4H3/b22-18+,32-19-. The van der Waals surface area contributed by atoms with Gasteiger partial charge < -0.3 is 9.64 Å². The highest BCUT2D eigenvalue weighted by molar-refractivity contribution is 8.03. The average molecular weight is 512 g/mol. The first-order valence-corrected chi connectivity index (χ1v) is 14.4. The summed E-state index contributed by atoms with van der Waals surface area (Å²) in [6, 6.07) is 24.0. The zero-order valence-electron chi connectivity index (χ0n) is 21.5. The van der Waals surface area contributed by atoms with Gasteiger partial charge in [0, 0.05) is 21.0 Å². The number of anilines is 1. The SMILES string of the molecule is CCCN1/C(=C/C(=C/c2sc3ccc(OC)cc3c2CC)CC)Sc2ccc(-c3ccccc3)cc21. The van der Waals surface area contributed by atoms with E-state index in [1.54, 1.807) is 7.11 Å². The van der Waals surface area contributed by atoms with Crippen molar-refractivity contribution in [1.29, 1.82) is 0 Å². The van der Waals surface area contributed by atoms with Crippen molar-refractivity contribution in [2.45, 2.75) is 44.9 Å². The molecule has 4 aromatic rings. The van der Waals surface area contributed by atoms with Crippen LogP contribution in [-0.2, 0) is 6.42 Å². The largest absolute Gasteiger partial charge is 0.497 e. The van der Waals surface area contributed by atoms with E-state index in [0.29, 0.717) is 0 Å². The van der Waals surface area contributed by atoms with Crippen molar-refractivity contribution in [3.05, 3.63) is 93.8 Å². The van der Waals surface area contributed by atoms with Gasteiger partial charge in [-0.2, -0.15) is 0 Å². The van der Waals surface area contributed by atoms with Gasteiger partial charge in [-0.25, -0.2) is 0 Å². The number of fused-ring (bicyclic) bond motifs is 2. The lowest BCUT2D eigenvalue weighted by Gasteiger charge is -2.20. The van der Waals surface area contributed by atoms with Gasteiger partial charge in [-0.3, -0.25) is 0 Å². The monoisotopic (exact) mass is 511 g/mol. The Morgan fingerprint density at radius 2 is 1.78 bits per heavy atom. The van der Waals surface area contributed by atoms with Crippen LogP contribution < -0.4 is 9.64 Å². The fourth-order valence-corrected chi connectivity index (χ4v) is 7.20. The molecule has 0 spiro atoms. The van der Waals surface area contributed by atoms with Crippen LogP contribution >= 0.6 is 23.1 Å². The predicted molar refractivity (Wildman–Crippen MR) is 159 cm³/mol. The van der Waals surface area contributed by atoms with Crippen LogP contribution in [0.25, 0.3) is 27.3 Å². The van der Waals surface area contributed by atoms with Gasteiger partial charge >= 0.3 is 0 Å². The molecule has 1 aliphatic heterocycles. The molecule has 0 aliphatic carbocycles. The van der Waals surface area contributed by atoms with Crippen LogP contribution in [0.2, 0.25) is 0 Å². The smallest absolute Gasteiger partial charge is 0.119 e. The van der Waals surface area contributed by atoms with Crippen LogP contribution in [0.4, 0.5) is 5.69 Å². The normalized spacial score (nSPS) is 14.6. The van der Waals surface area contributed by atoms with Crippen molar-refractivity contribution in [2.75, 3.05) is 18.6 Å². The molecular formula is C32H33NOS2. The molecule has 184 valence electrons. The van der Waals surface area contributed by atoms with E-state index < -0.39 is 0 Å². The van der Waals surface area contributed by atoms with E-state index in [9.17, 15) is 0 Å². The molecule has 0 bridgehead atoms. The maximum absolute atomic E-state index is 5.50. The van der Waals surface area contributed by atoms with Gasteiger partial charge in [0.2, 0.25) is 0 Å². The number of aryl methyl sites for hydroxylation is 1. The van der Waals surface area contributed by atoms with E-state index in [-0.39, 0.29) is 0 Å². The zero-order valence-corrected chi connectivity index (χ0v) is 23.1. The van der Waals surface area contributed by atoms with Crippen LogP contribution in [0.15, 0.2) is 88.3 Å². The van der Waals surface area contributed by atoms with Gasteiger partial charge in [-0.05, 0) is 89.4 Å². The Labute approximate surface area is 223 Å². The van der Waals surface area contributed by atoms with E-state index in [1.165, 1.54) is 52.8 Å². The van der Waals surface area contributed by atoms with E-state index in [1.807, 2.05) is 23.1 Å². The molecule has 0 amide bonds. The highest BCUT2D eigenvalue weighted by Gasteiger charge is 2.25. The summed E-state index contributed by atoms with van der Waals surface area (Å²) in [5, 5.41) is 2.64. The summed E-state index contributed by atoms with van der Waals surface area (Å²) in [6.45, 7) is 7.79. The van der Waals surface area contributed by atoms with Gasteiger partial charge in [0.1, 0.15) is 5.75 Å². The lowest BCUT2D eigenvalue weighted by molar-refractivity contribution is 0.415. The quantitative estimate of drug-likeness (QED) is 0.233. The fraction of sp³-hybridized carbons (Fsp3) is 0.250. The summed E-state index contributed by atoms with van der Waals surface area (Å²) in [5.41, 5.74) is 6.65. The summed E-state index contributed by atoms with van der Waals surface area (Å²) < 4.78 is 6.82. The van der Waals surface area contributed by atoms with Gasteiger partial charge in [-0.1, -0.05) is 68.9 Å². The number of ether oxygens (including phenoxy) is 1. The zero-order chi connectivity index (χ0) is 25.1. The molecule has 0 radical (unpaired) electrons. The fourth-order valence-electron chi connectivity index (χ4n) is 4.80. The minimum absolute atomic E-state index is 0.925. The molecule has 36 heavy (non-hydrogen) atoms. The summed E-state index contributed by atoms with van der Waals surface area (Å²) in [4.78, 5) is 5.21. The second kappa shape index (κ2) is 11.0. The van der Waals surface area contributed by atoms with Crippen molar-refractivity contribution < 1.29 is 4.74 Å². The first kappa shape index (κ1) is 24.7. The molecule has 5 rings (SSSR count). The molecule has 0 saturated heterocycles. The second-order valence-corrected chi connectivity index (χ2v) is 11.2. The minimum atomic E-state index is 0.925. The number of allylic oxidation sites excluding steroid dienone is 2. The number of hydrogen-bond acceptors (Lipinski definition) is 4. The number of methoxy groups -OCH3 is 1. The molecule has 0 fully saturated rings. The van der Waals surface area contributed by atoms with Crippen molar-refractivity contribution in [1.82, 2.24) is 0 Å². The van der Waals surface area contributed by atoms with Gasteiger partial charge in [-0.15, -0.1) is 11.3 Å². The Morgan fingerprint density at radius 1 is 0.944 bits per heavy atom. The third kappa shape index (κ3) is 4.85. The van der Waals surface area contributed by atoms with Crippen LogP contribution in [0.3, 0.4) is 0 Å². The van der Waals surface area contributed by atoms with Crippen LogP contribution in [0.5, 0.6) is 5.75 Å². The molecule has 2 heterocycles.